The molecule has 2 fully saturated rings. The van der Waals surface area contributed by atoms with Crippen molar-refractivity contribution in [2.24, 2.45) is 5.92 Å². The van der Waals surface area contributed by atoms with Crippen LogP contribution in [-0.2, 0) is 16.0 Å². The number of rotatable bonds is 4. The van der Waals surface area contributed by atoms with Crippen molar-refractivity contribution in [3.63, 3.8) is 0 Å². The molecule has 27 heavy (non-hydrogen) atoms. The summed E-state index contributed by atoms with van der Waals surface area (Å²) in [5.74, 6) is 0.569. The lowest BCUT2D eigenvalue weighted by Gasteiger charge is -2.28. The first-order valence-electron chi connectivity index (χ1n) is 9.88. The zero-order valence-electron chi connectivity index (χ0n) is 16.0. The molecule has 1 aromatic carbocycles. The molecule has 4 nitrogen and oxygen atoms in total. The number of carbonyl (C=O) groups is 2. The Morgan fingerprint density at radius 3 is 2.67 bits per heavy atom. The summed E-state index contributed by atoms with van der Waals surface area (Å²) in [5.41, 5.74) is 3.21. The van der Waals surface area contributed by atoms with E-state index in [-0.39, 0.29) is 17.9 Å². The van der Waals surface area contributed by atoms with Gasteiger partial charge in [-0.2, -0.15) is 0 Å². The largest absolute Gasteiger partial charge is 0.339 e. The monoisotopic (exact) mass is 382 g/mol. The van der Waals surface area contributed by atoms with E-state index >= 15 is 0 Å². The van der Waals surface area contributed by atoms with Gasteiger partial charge < -0.3 is 4.90 Å². The first kappa shape index (κ1) is 18.4. The zero-order chi connectivity index (χ0) is 19.0. The molecule has 1 saturated heterocycles. The third-order valence-corrected chi connectivity index (χ3v) is 6.85. The fourth-order valence-corrected chi connectivity index (χ4v) is 5.48. The second kappa shape index (κ2) is 7.55. The molecule has 0 N–H and O–H groups in total. The quantitative estimate of drug-likeness (QED) is 0.791. The second-order valence-corrected chi connectivity index (χ2v) is 9.10. The predicted octanol–water partition coefficient (Wildman–Crippen LogP) is 4.33. The van der Waals surface area contributed by atoms with Gasteiger partial charge in [0.2, 0.25) is 5.91 Å². The van der Waals surface area contributed by atoms with E-state index in [2.05, 4.69) is 31.2 Å². The van der Waals surface area contributed by atoms with Crippen LogP contribution < -0.4 is 0 Å². The van der Waals surface area contributed by atoms with Crippen LogP contribution in [0.15, 0.2) is 24.3 Å². The minimum Gasteiger partial charge on any atom is -0.339 e. The van der Waals surface area contributed by atoms with E-state index in [4.69, 9.17) is 4.98 Å². The van der Waals surface area contributed by atoms with E-state index in [0.29, 0.717) is 18.6 Å². The standard InChI is InChI=1S/C22H26N2O2S/c1-14-8-10-16(11-9-14)22-20(27-15(2)23-22)13-21(26)24-12-4-6-18(24)17-5-3-7-19(17)25/h8-11,17-18H,3-7,12-13H2,1-2H3. The number of aryl methyl sites for hydroxylation is 2. The highest BCUT2D eigenvalue weighted by atomic mass is 32.1. The number of benzene rings is 1. The Balaban J connectivity index is 1.54. The Morgan fingerprint density at radius 1 is 1.19 bits per heavy atom. The van der Waals surface area contributed by atoms with Crippen molar-refractivity contribution in [3.05, 3.63) is 39.7 Å². The topological polar surface area (TPSA) is 50.3 Å². The lowest BCUT2D eigenvalue weighted by Crippen LogP contribution is -2.42. The van der Waals surface area contributed by atoms with Crippen molar-refractivity contribution in [2.75, 3.05) is 6.54 Å². The number of hydrogen-bond acceptors (Lipinski definition) is 4. The van der Waals surface area contributed by atoms with Crippen molar-refractivity contribution in [1.29, 1.82) is 0 Å². The molecule has 5 heteroatoms. The Kier molecular flexibility index (Phi) is 5.13. The van der Waals surface area contributed by atoms with Gasteiger partial charge in [-0.15, -0.1) is 11.3 Å². The van der Waals surface area contributed by atoms with Crippen LogP contribution in [0.2, 0.25) is 0 Å². The summed E-state index contributed by atoms with van der Waals surface area (Å²) in [6, 6.07) is 8.43. The molecule has 2 aromatic rings. The van der Waals surface area contributed by atoms with Crippen LogP contribution in [0.4, 0.5) is 0 Å². The smallest absolute Gasteiger partial charge is 0.228 e. The van der Waals surface area contributed by atoms with Gasteiger partial charge in [-0.05, 0) is 39.5 Å². The highest BCUT2D eigenvalue weighted by molar-refractivity contribution is 7.12. The van der Waals surface area contributed by atoms with Gasteiger partial charge in [0.25, 0.3) is 0 Å². The van der Waals surface area contributed by atoms with Gasteiger partial charge in [0.1, 0.15) is 5.78 Å². The number of Topliss-reactive ketones (excluding diaryl/α,β-unsaturated/α-hetero) is 1. The van der Waals surface area contributed by atoms with Gasteiger partial charge in [0, 0.05) is 35.4 Å². The normalized spacial score (nSPS) is 22.6. The lowest BCUT2D eigenvalue weighted by molar-refractivity contribution is -0.133. The molecule has 2 atom stereocenters. The molecule has 1 aliphatic carbocycles. The summed E-state index contributed by atoms with van der Waals surface area (Å²) in [7, 11) is 0. The number of hydrogen-bond donors (Lipinski definition) is 0. The number of likely N-dealkylation sites (tertiary alicyclic amines) is 1. The van der Waals surface area contributed by atoms with E-state index in [9.17, 15) is 9.59 Å². The number of aromatic nitrogens is 1. The van der Waals surface area contributed by atoms with Crippen molar-refractivity contribution in [3.8, 4) is 11.3 Å². The second-order valence-electron chi connectivity index (χ2n) is 7.81. The molecule has 1 saturated carbocycles. The van der Waals surface area contributed by atoms with Gasteiger partial charge in [-0.25, -0.2) is 4.98 Å². The number of ketones is 1. The SMILES string of the molecule is Cc1ccc(-c2nc(C)sc2CC(=O)N2CCCC2C2CCCC2=O)cc1. The average Bonchev–Trinajstić information content (AvgIpc) is 3.35. The molecule has 0 spiro atoms. The zero-order valence-corrected chi connectivity index (χ0v) is 16.8. The van der Waals surface area contributed by atoms with E-state index in [1.165, 1.54) is 5.56 Å². The first-order chi connectivity index (χ1) is 13.0. The molecular weight excluding hydrogens is 356 g/mol. The van der Waals surface area contributed by atoms with E-state index in [1.807, 2.05) is 11.8 Å². The summed E-state index contributed by atoms with van der Waals surface area (Å²) in [4.78, 5) is 33.1. The summed E-state index contributed by atoms with van der Waals surface area (Å²) >= 11 is 1.61. The van der Waals surface area contributed by atoms with Crippen molar-refractivity contribution in [1.82, 2.24) is 9.88 Å². The predicted molar refractivity (Wildman–Crippen MR) is 108 cm³/mol. The first-order valence-corrected chi connectivity index (χ1v) is 10.7. The molecule has 1 aromatic heterocycles. The van der Waals surface area contributed by atoms with Crippen LogP contribution in [0.25, 0.3) is 11.3 Å². The summed E-state index contributed by atoms with van der Waals surface area (Å²) < 4.78 is 0. The molecule has 0 radical (unpaired) electrons. The maximum atomic E-state index is 13.1. The van der Waals surface area contributed by atoms with Gasteiger partial charge in [0.15, 0.2) is 0 Å². The molecular formula is C22H26N2O2S. The Morgan fingerprint density at radius 2 is 1.96 bits per heavy atom. The summed E-state index contributed by atoms with van der Waals surface area (Å²) in [6.45, 7) is 4.84. The molecule has 4 rings (SSSR count). The summed E-state index contributed by atoms with van der Waals surface area (Å²) in [5, 5.41) is 0.984. The van der Waals surface area contributed by atoms with Gasteiger partial charge >= 0.3 is 0 Å². The molecule has 1 amide bonds. The van der Waals surface area contributed by atoms with Gasteiger partial charge in [-0.3, -0.25) is 9.59 Å². The number of thiazole rings is 1. The molecule has 142 valence electrons. The Labute approximate surface area is 164 Å². The van der Waals surface area contributed by atoms with E-state index in [1.54, 1.807) is 11.3 Å². The van der Waals surface area contributed by atoms with Crippen molar-refractivity contribution < 1.29 is 9.59 Å². The van der Waals surface area contributed by atoms with E-state index in [0.717, 1.165) is 53.4 Å². The average molecular weight is 383 g/mol. The number of carbonyl (C=O) groups excluding carboxylic acids is 2. The fourth-order valence-electron chi connectivity index (χ4n) is 4.53. The minimum atomic E-state index is 0.0659. The Bertz CT molecular complexity index is 856. The molecule has 2 aliphatic rings. The number of nitrogens with zero attached hydrogens (tertiary/aromatic N) is 2. The van der Waals surface area contributed by atoms with Crippen molar-refractivity contribution in [2.45, 2.75) is 58.4 Å². The summed E-state index contributed by atoms with van der Waals surface area (Å²) in [6.07, 6.45) is 4.97. The highest BCUT2D eigenvalue weighted by Gasteiger charge is 2.40. The highest BCUT2D eigenvalue weighted by Crippen LogP contribution is 2.35. The van der Waals surface area contributed by atoms with Crippen LogP contribution >= 0.6 is 11.3 Å². The molecule has 2 heterocycles. The van der Waals surface area contributed by atoms with Crippen LogP contribution in [0.1, 0.15) is 47.6 Å². The molecule has 1 aliphatic heterocycles. The molecule has 0 bridgehead atoms. The molecule has 2 unspecified atom stereocenters. The van der Waals surface area contributed by atoms with Crippen LogP contribution in [0, 0.1) is 19.8 Å². The maximum Gasteiger partial charge on any atom is 0.228 e. The van der Waals surface area contributed by atoms with Crippen LogP contribution in [0.5, 0.6) is 0 Å². The lowest BCUT2D eigenvalue weighted by atomic mass is 9.95. The van der Waals surface area contributed by atoms with Gasteiger partial charge in [0.05, 0.1) is 17.1 Å². The fraction of sp³-hybridized carbons (Fsp3) is 0.500. The maximum absolute atomic E-state index is 13.1. The number of amides is 1. The van der Waals surface area contributed by atoms with Gasteiger partial charge in [-0.1, -0.05) is 29.8 Å². The van der Waals surface area contributed by atoms with Crippen LogP contribution in [0.3, 0.4) is 0 Å². The Hall–Kier alpha value is -2.01. The third kappa shape index (κ3) is 3.70. The minimum absolute atomic E-state index is 0.0659. The van der Waals surface area contributed by atoms with E-state index < -0.39 is 0 Å². The van der Waals surface area contributed by atoms with Crippen LogP contribution in [-0.4, -0.2) is 34.2 Å². The third-order valence-electron chi connectivity index (χ3n) is 5.88. The van der Waals surface area contributed by atoms with Crippen molar-refractivity contribution >= 4 is 23.0 Å².